The van der Waals surface area contributed by atoms with E-state index in [9.17, 15) is 13.2 Å². The van der Waals surface area contributed by atoms with Gasteiger partial charge in [0.1, 0.15) is 11.6 Å². The summed E-state index contributed by atoms with van der Waals surface area (Å²) >= 11 is 0. The lowest BCUT2D eigenvalue weighted by Crippen LogP contribution is -2.33. The molecule has 1 aliphatic rings. The maximum Gasteiger partial charge on any atom is 0.490 e. The molecule has 0 amide bonds. The summed E-state index contributed by atoms with van der Waals surface area (Å²) in [4.78, 5) is 20.2. The highest BCUT2D eigenvalue weighted by Gasteiger charge is 2.38. The van der Waals surface area contributed by atoms with Crippen molar-refractivity contribution in [2.75, 3.05) is 20.8 Å². The van der Waals surface area contributed by atoms with E-state index in [1.165, 1.54) is 0 Å². The van der Waals surface area contributed by atoms with Gasteiger partial charge in [-0.1, -0.05) is 6.07 Å². The average Bonchev–Trinajstić information content (AvgIpc) is 3.22. The number of fused-ring (bicyclic) bond motifs is 1. The molecule has 0 fully saturated rings. The van der Waals surface area contributed by atoms with E-state index in [4.69, 9.17) is 19.4 Å². The standard InChI is InChI=1S/C20H22N4O2.C2HF3O2/c1-25-17-7-5-15(6-8-17)18-12-22-19-14-23(10-11-24(18)19)13-16-4-3-9-21-20(16)26-2;3-2(4,5)1(6)7/h3-9,12H,10-11,13-14H2,1-2H3;(H,6,7). The normalized spacial score (nSPS) is 13.5. The fourth-order valence-electron chi connectivity index (χ4n) is 3.41. The highest BCUT2D eigenvalue weighted by Crippen LogP contribution is 2.27. The average molecular weight is 464 g/mol. The van der Waals surface area contributed by atoms with Gasteiger partial charge in [-0.3, -0.25) is 4.90 Å². The monoisotopic (exact) mass is 464 g/mol. The fraction of sp³-hybridized carbons (Fsp3) is 0.318. The number of rotatable bonds is 5. The third-order valence-electron chi connectivity index (χ3n) is 5.01. The van der Waals surface area contributed by atoms with E-state index >= 15 is 0 Å². The second-order valence-corrected chi connectivity index (χ2v) is 7.13. The molecule has 0 atom stereocenters. The Bertz CT molecular complexity index is 1080. The molecule has 3 aromatic rings. The number of carbonyl (C=O) groups is 1. The van der Waals surface area contributed by atoms with Gasteiger partial charge in [0.05, 0.1) is 32.7 Å². The number of aromatic nitrogens is 3. The maximum atomic E-state index is 10.6. The molecule has 0 unspecified atom stereocenters. The molecule has 4 rings (SSSR count). The number of methoxy groups -OCH3 is 2. The van der Waals surface area contributed by atoms with Crippen molar-refractivity contribution >= 4 is 5.97 Å². The van der Waals surface area contributed by atoms with Crippen molar-refractivity contribution in [3.63, 3.8) is 0 Å². The maximum absolute atomic E-state index is 10.6. The van der Waals surface area contributed by atoms with Crippen molar-refractivity contribution in [2.24, 2.45) is 0 Å². The van der Waals surface area contributed by atoms with Gasteiger partial charge in [-0.2, -0.15) is 13.2 Å². The number of hydrogen-bond acceptors (Lipinski definition) is 6. The number of hydrogen-bond donors (Lipinski definition) is 1. The van der Waals surface area contributed by atoms with Crippen LogP contribution in [-0.2, 0) is 24.4 Å². The fourth-order valence-corrected chi connectivity index (χ4v) is 3.41. The molecule has 8 nitrogen and oxygen atoms in total. The van der Waals surface area contributed by atoms with Gasteiger partial charge in [0.25, 0.3) is 0 Å². The van der Waals surface area contributed by atoms with E-state index < -0.39 is 12.1 Å². The third-order valence-corrected chi connectivity index (χ3v) is 5.01. The van der Waals surface area contributed by atoms with Crippen molar-refractivity contribution in [1.82, 2.24) is 19.4 Å². The Labute approximate surface area is 188 Å². The summed E-state index contributed by atoms with van der Waals surface area (Å²) < 4.78 is 44.7. The number of ether oxygens (including phenoxy) is 2. The van der Waals surface area contributed by atoms with Crippen LogP contribution in [0.3, 0.4) is 0 Å². The van der Waals surface area contributed by atoms with Crippen LogP contribution in [0.15, 0.2) is 48.8 Å². The number of nitrogens with zero attached hydrogens (tertiary/aromatic N) is 4. The Kier molecular flexibility index (Phi) is 7.54. The summed E-state index contributed by atoms with van der Waals surface area (Å²) in [6.45, 7) is 3.50. The highest BCUT2D eigenvalue weighted by atomic mass is 19.4. The SMILES string of the molecule is COc1ccc(-c2cnc3n2CCN(Cc2cccnc2OC)C3)cc1.O=C(O)C(F)(F)F. The van der Waals surface area contributed by atoms with E-state index in [2.05, 4.69) is 37.6 Å². The van der Waals surface area contributed by atoms with Gasteiger partial charge in [-0.25, -0.2) is 14.8 Å². The Morgan fingerprint density at radius 2 is 1.79 bits per heavy atom. The first kappa shape index (κ1) is 24.1. The number of carboxylic acids is 1. The van der Waals surface area contributed by atoms with Gasteiger partial charge < -0.3 is 19.1 Å². The van der Waals surface area contributed by atoms with Gasteiger partial charge in [-0.15, -0.1) is 0 Å². The molecule has 33 heavy (non-hydrogen) atoms. The summed E-state index contributed by atoms with van der Waals surface area (Å²) in [6, 6.07) is 12.1. The van der Waals surface area contributed by atoms with Crippen LogP contribution in [-0.4, -0.2) is 57.5 Å². The number of alkyl halides is 3. The van der Waals surface area contributed by atoms with Crippen LogP contribution in [0, 0.1) is 0 Å². The topological polar surface area (TPSA) is 89.7 Å². The lowest BCUT2D eigenvalue weighted by molar-refractivity contribution is -0.192. The molecule has 176 valence electrons. The molecule has 0 saturated heterocycles. The minimum Gasteiger partial charge on any atom is -0.497 e. The van der Waals surface area contributed by atoms with Crippen LogP contribution in [0.2, 0.25) is 0 Å². The second-order valence-electron chi connectivity index (χ2n) is 7.13. The Balaban J connectivity index is 0.000000383. The first-order valence-corrected chi connectivity index (χ1v) is 9.92. The van der Waals surface area contributed by atoms with Gasteiger partial charge >= 0.3 is 12.1 Å². The van der Waals surface area contributed by atoms with Gasteiger partial charge in [0, 0.05) is 37.0 Å². The number of benzene rings is 1. The van der Waals surface area contributed by atoms with Crippen LogP contribution >= 0.6 is 0 Å². The second kappa shape index (κ2) is 10.3. The molecular formula is C22H23F3N4O4. The molecule has 2 aromatic heterocycles. The molecule has 1 N–H and O–H groups in total. The summed E-state index contributed by atoms with van der Waals surface area (Å²) in [5.41, 5.74) is 3.42. The predicted octanol–water partition coefficient (Wildman–Crippen LogP) is 3.61. The van der Waals surface area contributed by atoms with Crippen LogP contribution in [0.25, 0.3) is 11.3 Å². The van der Waals surface area contributed by atoms with E-state index in [1.54, 1.807) is 20.4 Å². The minimum atomic E-state index is -5.08. The number of aliphatic carboxylic acids is 1. The Morgan fingerprint density at radius 1 is 1.09 bits per heavy atom. The summed E-state index contributed by atoms with van der Waals surface area (Å²) in [6.07, 6.45) is -1.36. The van der Waals surface area contributed by atoms with Crippen molar-refractivity contribution in [2.45, 2.75) is 25.8 Å². The van der Waals surface area contributed by atoms with Crippen LogP contribution in [0.4, 0.5) is 13.2 Å². The van der Waals surface area contributed by atoms with Gasteiger partial charge in [0.15, 0.2) is 0 Å². The van der Waals surface area contributed by atoms with Crippen molar-refractivity contribution < 1.29 is 32.5 Å². The molecule has 0 saturated carbocycles. The zero-order valence-electron chi connectivity index (χ0n) is 18.0. The molecule has 0 spiro atoms. The molecule has 0 bridgehead atoms. The van der Waals surface area contributed by atoms with Gasteiger partial charge in [-0.05, 0) is 30.3 Å². The quantitative estimate of drug-likeness (QED) is 0.617. The van der Waals surface area contributed by atoms with E-state index in [-0.39, 0.29) is 0 Å². The predicted molar refractivity (Wildman–Crippen MR) is 113 cm³/mol. The highest BCUT2D eigenvalue weighted by molar-refractivity contribution is 5.73. The van der Waals surface area contributed by atoms with Gasteiger partial charge in [0.2, 0.25) is 5.88 Å². The van der Waals surface area contributed by atoms with Crippen molar-refractivity contribution in [1.29, 1.82) is 0 Å². The van der Waals surface area contributed by atoms with Crippen LogP contribution in [0.1, 0.15) is 11.4 Å². The van der Waals surface area contributed by atoms with E-state index in [0.717, 1.165) is 54.6 Å². The minimum absolute atomic E-state index is 0.695. The lowest BCUT2D eigenvalue weighted by atomic mass is 10.1. The number of pyridine rings is 1. The largest absolute Gasteiger partial charge is 0.497 e. The Morgan fingerprint density at radius 3 is 2.39 bits per heavy atom. The summed E-state index contributed by atoms with van der Waals surface area (Å²) in [5, 5.41) is 7.12. The summed E-state index contributed by atoms with van der Waals surface area (Å²) in [5.74, 6) is -0.110. The zero-order valence-corrected chi connectivity index (χ0v) is 18.0. The smallest absolute Gasteiger partial charge is 0.490 e. The molecule has 1 aliphatic heterocycles. The van der Waals surface area contributed by atoms with E-state index in [0.29, 0.717) is 5.88 Å². The van der Waals surface area contributed by atoms with Crippen LogP contribution < -0.4 is 9.47 Å². The lowest BCUT2D eigenvalue weighted by Gasteiger charge is -2.28. The van der Waals surface area contributed by atoms with Crippen molar-refractivity contribution in [3.8, 4) is 22.9 Å². The van der Waals surface area contributed by atoms with Crippen LogP contribution in [0.5, 0.6) is 11.6 Å². The first-order chi connectivity index (χ1) is 15.7. The third kappa shape index (κ3) is 6.01. The molecule has 0 radical (unpaired) electrons. The Hall–Kier alpha value is -3.60. The first-order valence-electron chi connectivity index (χ1n) is 9.92. The summed E-state index contributed by atoms with van der Waals surface area (Å²) in [7, 11) is 3.34. The number of imidazole rings is 1. The molecule has 11 heteroatoms. The molecule has 1 aromatic carbocycles. The molecule has 0 aliphatic carbocycles. The van der Waals surface area contributed by atoms with Crippen molar-refractivity contribution in [3.05, 3.63) is 60.2 Å². The van der Waals surface area contributed by atoms with E-state index in [1.807, 2.05) is 24.4 Å². The number of carboxylic acid groups (broad SMARTS) is 1. The zero-order chi connectivity index (χ0) is 24.0. The molecule has 3 heterocycles. The number of halogens is 3. The molecular weight excluding hydrogens is 441 g/mol.